The molecule has 0 amide bonds. The molecule has 0 radical (unpaired) electrons. The maximum Gasteiger partial charge on any atom is 0.201 e. The SMILES string of the molecule is NCCCNC1C=CNC(Nc2ccc(Cl)cc2)=N1. The topological polar surface area (TPSA) is 74.5 Å². The largest absolute Gasteiger partial charge is 0.333 e. The predicted molar refractivity (Wildman–Crippen MR) is 80.2 cm³/mol. The van der Waals surface area contributed by atoms with E-state index < -0.39 is 0 Å². The molecule has 1 aromatic rings. The van der Waals surface area contributed by atoms with E-state index >= 15 is 0 Å². The standard InChI is InChI=1S/C13H18ClN5/c14-10-2-4-11(5-3-10)18-13-17-9-6-12(19-13)16-8-1-7-15/h2-6,9,12,16H,1,7-8,15H2,(H2,17,18,19). The Morgan fingerprint density at radius 1 is 1.32 bits per heavy atom. The van der Waals surface area contributed by atoms with Crippen LogP contribution in [0.15, 0.2) is 41.5 Å². The van der Waals surface area contributed by atoms with Crippen LogP contribution in [0.3, 0.4) is 0 Å². The number of anilines is 1. The number of nitrogens with zero attached hydrogens (tertiary/aromatic N) is 1. The van der Waals surface area contributed by atoms with E-state index in [9.17, 15) is 0 Å². The van der Waals surface area contributed by atoms with Gasteiger partial charge in [0.25, 0.3) is 0 Å². The summed E-state index contributed by atoms with van der Waals surface area (Å²) < 4.78 is 0. The van der Waals surface area contributed by atoms with Crippen molar-refractivity contribution in [1.82, 2.24) is 10.6 Å². The molecule has 2 rings (SSSR count). The first-order chi connectivity index (χ1) is 9.28. The van der Waals surface area contributed by atoms with E-state index in [1.807, 2.05) is 36.5 Å². The molecule has 0 saturated carbocycles. The van der Waals surface area contributed by atoms with E-state index in [0.717, 1.165) is 18.7 Å². The van der Waals surface area contributed by atoms with E-state index in [4.69, 9.17) is 17.3 Å². The molecule has 5 nitrogen and oxygen atoms in total. The summed E-state index contributed by atoms with van der Waals surface area (Å²) in [5.74, 6) is 0.704. The molecule has 102 valence electrons. The molecule has 1 aliphatic heterocycles. The molecule has 5 N–H and O–H groups in total. The normalized spacial score (nSPS) is 17.8. The van der Waals surface area contributed by atoms with Crippen LogP contribution in [0.2, 0.25) is 5.02 Å². The van der Waals surface area contributed by atoms with Gasteiger partial charge in [-0.3, -0.25) is 5.32 Å². The van der Waals surface area contributed by atoms with E-state index in [-0.39, 0.29) is 6.17 Å². The third-order valence-corrected chi connectivity index (χ3v) is 2.86. The number of guanidine groups is 1. The third kappa shape index (κ3) is 4.55. The van der Waals surface area contributed by atoms with Gasteiger partial charge in [0.05, 0.1) is 0 Å². The molecule has 6 heteroatoms. The van der Waals surface area contributed by atoms with Crippen LogP contribution in [0.4, 0.5) is 5.69 Å². The Bertz CT molecular complexity index is 455. The molecule has 0 aliphatic carbocycles. The first-order valence-corrected chi connectivity index (χ1v) is 6.63. The molecule has 19 heavy (non-hydrogen) atoms. The molecule has 1 heterocycles. The van der Waals surface area contributed by atoms with Crippen molar-refractivity contribution >= 4 is 23.2 Å². The molecule has 1 atom stereocenters. The second-order valence-corrected chi connectivity index (χ2v) is 4.59. The third-order valence-electron chi connectivity index (χ3n) is 2.61. The van der Waals surface area contributed by atoms with Crippen molar-refractivity contribution in [1.29, 1.82) is 0 Å². The van der Waals surface area contributed by atoms with Crippen LogP contribution in [0, 0.1) is 0 Å². The molecule has 0 spiro atoms. The monoisotopic (exact) mass is 279 g/mol. The quantitative estimate of drug-likeness (QED) is 0.616. The van der Waals surface area contributed by atoms with Crippen LogP contribution in [-0.2, 0) is 0 Å². The molecule has 1 aliphatic rings. The number of nitrogens with two attached hydrogens (primary N) is 1. The van der Waals surface area contributed by atoms with Crippen LogP contribution in [-0.4, -0.2) is 25.2 Å². The lowest BCUT2D eigenvalue weighted by molar-refractivity contribution is 0.588. The molecular formula is C13H18ClN5. The zero-order valence-corrected chi connectivity index (χ0v) is 11.3. The van der Waals surface area contributed by atoms with Gasteiger partial charge >= 0.3 is 0 Å². The Labute approximate surface area is 117 Å². The highest BCUT2D eigenvalue weighted by atomic mass is 35.5. The number of nitrogens with one attached hydrogen (secondary N) is 3. The summed E-state index contributed by atoms with van der Waals surface area (Å²) in [6.07, 6.45) is 4.74. The average molecular weight is 280 g/mol. The van der Waals surface area contributed by atoms with Gasteiger partial charge in [-0.05, 0) is 49.9 Å². The van der Waals surface area contributed by atoms with Crippen molar-refractivity contribution in [2.75, 3.05) is 18.4 Å². The number of halogens is 1. The molecule has 0 fully saturated rings. The lowest BCUT2D eigenvalue weighted by Crippen LogP contribution is -2.37. The summed E-state index contributed by atoms with van der Waals surface area (Å²) in [5, 5.41) is 10.3. The number of benzene rings is 1. The van der Waals surface area contributed by atoms with Crippen LogP contribution in [0.25, 0.3) is 0 Å². The van der Waals surface area contributed by atoms with Gasteiger partial charge in [-0.25, -0.2) is 4.99 Å². The van der Waals surface area contributed by atoms with Crippen LogP contribution in [0.1, 0.15) is 6.42 Å². The van der Waals surface area contributed by atoms with Gasteiger partial charge in [0.15, 0.2) is 0 Å². The molecule has 0 bridgehead atoms. The van der Waals surface area contributed by atoms with Crippen LogP contribution in [0.5, 0.6) is 0 Å². The first-order valence-electron chi connectivity index (χ1n) is 6.25. The Morgan fingerprint density at radius 3 is 2.84 bits per heavy atom. The van der Waals surface area contributed by atoms with Crippen molar-refractivity contribution in [3.8, 4) is 0 Å². The number of hydrogen-bond donors (Lipinski definition) is 4. The molecule has 1 unspecified atom stereocenters. The summed E-state index contributed by atoms with van der Waals surface area (Å²) in [6, 6.07) is 7.48. The highest BCUT2D eigenvalue weighted by Crippen LogP contribution is 2.13. The summed E-state index contributed by atoms with van der Waals surface area (Å²) in [7, 11) is 0. The average Bonchev–Trinajstić information content (AvgIpc) is 2.42. The van der Waals surface area contributed by atoms with Gasteiger partial charge in [0.1, 0.15) is 6.17 Å². The lowest BCUT2D eigenvalue weighted by Gasteiger charge is -2.18. The van der Waals surface area contributed by atoms with Crippen molar-refractivity contribution < 1.29 is 0 Å². The Morgan fingerprint density at radius 2 is 2.11 bits per heavy atom. The minimum absolute atomic E-state index is 0.0254. The summed E-state index contributed by atoms with van der Waals surface area (Å²) in [6.45, 7) is 1.53. The van der Waals surface area contributed by atoms with Crippen LogP contribution < -0.4 is 21.7 Å². The zero-order chi connectivity index (χ0) is 13.5. The van der Waals surface area contributed by atoms with Crippen molar-refractivity contribution in [2.24, 2.45) is 10.7 Å². The minimum Gasteiger partial charge on any atom is -0.333 e. The Balaban J connectivity index is 1.90. The summed E-state index contributed by atoms with van der Waals surface area (Å²) in [4.78, 5) is 4.49. The molecule has 0 aromatic heterocycles. The summed E-state index contributed by atoms with van der Waals surface area (Å²) >= 11 is 5.84. The number of aliphatic imine (C=N–C) groups is 1. The number of hydrogen-bond acceptors (Lipinski definition) is 5. The van der Waals surface area contributed by atoms with Crippen molar-refractivity contribution in [2.45, 2.75) is 12.6 Å². The zero-order valence-electron chi connectivity index (χ0n) is 10.6. The minimum atomic E-state index is -0.0254. The fraction of sp³-hybridized carbons (Fsp3) is 0.308. The second kappa shape index (κ2) is 7.13. The summed E-state index contributed by atoms with van der Waals surface area (Å²) in [5.41, 5.74) is 6.39. The van der Waals surface area contributed by atoms with E-state index in [1.165, 1.54) is 0 Å². The molecule has 1 aromatic carbocycles. The first kappa shape index (κ1) is 13.9. The Hall–Kier alpha value is -1.56. The second-order valence-electron chi connectivity index (χ2n) is 4.15. The highest BCUT2D eigenvalue weighted by Gasteiger charge is 2.08. The Kier molecular flexibility index (Phi) is 5.20. The van der Waals surface area contributed by atoms with Gasteiger partial charge in [0, 0.05) is 16.9 Å². The van der Waals surface area contributed by atoms with Gasteiger partial charge < -0.3 is 16.4 Å². The van der Waals surface area contributed by atoms with E-state index in [1.54, 1.807) is 0 Å². The smallest absolute Gasteiger partial charge is 0.201 e. The maximum atomic E-state index is 5.84. The van der Waals surface area contributed by atoms with Gasteiger partial charge in [-0.1, -0.05) is 11.6 Å². The van der Waals surface area contributed by atoms with E-state index in [0.29, 0.717) is 17.5 Å². The van der Waals surface area contributed by atoms with Gasteiger partial charge in [-0.15, -0.1) is 0 Å². The van der Waals surface area contributed by atoms with Crippen LogP contribution >= 0.6 is 11.6 Å². The van der Waals surface area contributed by atoms with E-state index in [2.05, 4.69) is 20.9 Å². The van der Waals surface area contributed by atoms with Gasteiger partial charge in [0.2, 0.25) is 5.96 Å². The van der Waals surface area contributed by atoms with Gasteiger partial charge in [-0.2, -0.15) is 0 Å². The fourth-order valence-corrected chi connectivity index (χ4v) is 1.77. The maximum absolute atomic E-state index is 5.84. The predicted octanol–water partition coefficient (Wildman–Crippen LogP) is 1.49. The van der Waals surface area contributed by atoms with Crippen molar-refractivity contribution in [3.05, 3.63) is 41.6 Å². The highest BCUT2D eigenvalue weighted by molar-refractivity contribution is 6.30. The van der Waals surface area contributed by atoms with Crippen molar-refractivity contribution in [3.63, 3.8) is 0 Å². The fourth-order valence-electron chi connectivity index (χ4n) is 1.64. The number of rotatable bonds is 5. The molecule has 0 saturated heterocycles. The lowest BCUT2D eigenvalue weighted by atomic mass is 10.3. The molecular weight excluding hydrogens is 262 g/mol.